The number of fused-ring (bicyclic) bond motifs is 5. The lowest BCUT2D eigenvalue weighted by Gasteiger charge is -2.41. The summed E-state index contributed by atoms with van der Waals surface area (Å²) in [6.07, 6.45) is 3.45. The molecule has 1 aliphatic heterocycles. The Morgan fingerprint density at radius 1 is 0.519 bits per heavy atom. The van der Waals surface area contributed by atoms with E-state index in [-0.39, 0.29) is 0 Å². The minimum absolute atomic E-state index is 0.541. The Morgan fingerprint density at radius 3 is 1.56 bits per heavy atom. The first kappa shape index (κ1) is 32.3. The molecule has 4 nitrogen and oxygen atoms in total. The fourth-order valence-electron chi connectivity index (χ4n) is 8.84. The number of nitrogens with zero attached hydrogens (tertiary/aromatic N) is 3. The van der Waals surface area contributed by atoms with Crippen LogP contribution in [0.25, 0.3) is 33.3 Å². The normalized spacial score (nSPS) is 13.5. The molecule has 7 aromatic carbocycles. The molecule has 0 unspecified atom stereocenters. The maximum Gasteiger partial charge on any atom is 0.246 e. The van der Waals surface area contributed by atoms with Crippen molar-refractivity contribution in [3.8, 4) is 11.1 Å². The lowest BCUT2D eigenvalue weighted by molar-refractivity contribution is 0.654. The van der Waals surface area contributed by atoms with Gasteiger partial charge in [0.1, 0.15) is 19.2 Å². The van der Waals surface area contributed by atoms with Gasteiger partial charge in [-0.1, -0.05) is 165 Å². The predicted octanol–water partition coefficient (Wildman–Crippen LogP) is 8.03. The third kappa shape index (κ3) is 4.87. The van der Waals surface area contributed by atoms with Crippen LogP contribution < -0.4 is 36.0 Å². The summed E-state index contributed by atoms with van der Waals surface area (Å²) in [5.74, 6) is 0. The molecule has 6 heteroatoms. The molecule has 0 aliphatic carbocycles. The maximum absolute atomic E-state index is 6.58. The average Bonchev–Trinajstić information content (AvgIpc) is 3.61. The first-order valence-corrected chi connectivity index (χ1v) is 23.5. The molecule has 0 amide bonds. The molecule has 0 saturated heterocycles. The molecule has 0 atom stereocenters. The lowest BCUT2D eigenvalue weighted by atomic mass is 10.0. The van der Waals surface area contributed by atoms with Crippen molar-refractivity contribution in [2.75, 3.05) is 4.90 Å². The molecular formula is C48H37N3OSi2. The Kier molecular flexibility index (Phi) is 7.57. The van der Waals surface area contributed by atoms with Crippen molar-refractivity contribution in [2.24, 2.45) is 0 Å². The van der Waals surface area contributed by atoms with Crippen LogP contribution in [0.3, 0.4) is 0 Å². The summed E-state index contributed by atoms with van der Waals surface area (Å²) in [7, 11) is -4.64. The highest BCUT2D eigenvalue weighted by atomic mass is 28.3. The molecule has 258 valence electrons. The molecule has 0 N–H and O–H groups in total. The molecule has 3 heterocycles. The minimum Gasteiger partial charge on any atom is -0.436 e. The van der Waals surface area contributed by atoms with Gasteiger partial charge in [0.2, 0.25) is 5.71 Å². The van der Waals surface area contributed by atoms with Gasteiger partial charge in [0, 0.05) is 35.0 Å². The van der Waals surface area contributed by atoms with Crippen LogP contribution in [0.4, 0.5) is 17.1 Å². The van der Waals surface area contributed by atoms with Gasteiger partial charge in [-0.05, 0) is 60.9 Å². The summed E-state index contributed by atoms with van der Waals surface area (Å²) in [6.45, 7) is 4.92. The molecule has 10 rings (SSSR count). The predicted molar refractivity (Wildman–Crippen MR) is 230 cm³/mol. The molecule has 2 aromatic heterocycles. The summed E-state index contributed by atoms with van der Waals surface area (Å²) < 4.78 is 6.58. The van der Waals surface area contributed by atoms with E-state index < -0.39 is 16.1 Å². The SMILES string of the molecule is C[Si]1(C)c2ccccc2N(c2cc(-c3ccc([Si](c4ccccc4)(c4ccccc4)c4ccccc4)cc3)c3oc4nccnc4c3c2)c2ccccc21. The molecule has 0 saturated carbocycles. The highest BCUT2D eigenvalue weighted by molar-refractivity contribution is 7.19. The van der Waals surface area contributed by atoms with Gasteiger partial charge >= 0.3 is 0 Å². The van der Waals surface area contributed by atoms with Crippen molar-refractivity contribution < 1.29 is 4.42 Å². The molecule has 1 aliphatic rings. The van der Waals surface area contributed by atoms with Crippen LogP contribution in [0.1, 0.15) is 0 Å². The fourth-order valence-corrected chi connectivity index (χ4v) is 16.6. The number of para-hydroxylation sites is 2. The van der Waals surface area contributed by atoms with Crippen molar-refractivity contribution in [1.82, 2.24) is 9.97 Å². The minimum atomic E-state index is -2.68. The Balaban J connectivity index is 1.21. The Labute approximate surface area is 317 Å². The standard InChI is InChI=1S/C48H37N3OSi2/c1-53(2)44-24-14-12-22-42(44)51(43-23-13-15-25-45(43)53)35-32-40(47-41(33-35)46-48(52-47)50-31-30-49-46)34-26-28-39(29-27-34)54(36-16-6-3-7-17-36,37-18-8-4-9-19-37)38-20-10-5-11-21-38/h3-33H,1-2H3. The third-order valence-corrected chi connectivity index (χ3v) is 19.7. The topological polar surface area (TPSA) is 42.2 Å². The van der Waals surface area contributed by atoms with E-state index in [9.17, 15) is 0 Å². The highest BCUT2D eigenvalue weighted by Gasteiger charge is 2.42. The second kappa shape index (κ2) is 12.7. The smallest absolute Gasteiger partial charge is 0.246 e. The molecule has 0 bridgehead atoms. The van der Waals surface area contributed by atoms with Gasteiger partial charge in [-0.25, -0.2) is 9.97 Å². The van der Waals surface area contributed by atoms with Crippen LogP contribution in [0.2, 0.25) is 13.1 Å². The third-order valence-electron chi connectivity index (χ3n) is 11.3. The van der Waals surface area contributed by atoms with E-state index in [1.807, 2.05) is 0 Å². The van der Waals surface area contributed by atoms with Crippen molar-refractivity contribution in [1.29, 1.82) is 0 Å². The molecule has 9 aromatic rings. The van der Waals surface area contributed by atoms with E-state index in [4.69, 9.17) is 9.40 Å². The maximum atomic E-state index is 6.58. The van der Waals surface area contributed by atoms with E-state index in [2.05, 4.69) is 199 Å². The van der Waals surface area contributed by atoms with Crippen LogP contribution in [-0.2, 0) is 0 Å². The van der Waals surface area contributed by atoms with E-state index in [1.165, 1.54) is 42.5 Å². The van der Waals surface area contributed by atoms with Crippen LogP contribution >= 0.6 is 0 Å². The summed E-state index contributed by atoms with van der Waals surface area (Å²) in [6, 6.07) is 64.9. The van der Waals surface area contributed by atoms with Crippen molar-refractivity contribution in [3.05, 3.63) is 188 Å². The first-order valence-electron chi connectivity index (χ1n) is 18.5. The van der Waals surface area contributed by atoms with Crippen LogP contribution in [0, 0.1) is 0 Å². The molecular weight excluding hydrogens is 691 g/mol. The zero-order valence-electron chi connectivity index (χ0n) is 30.1. The lowest BCUT2D eigenvalue weighted by Crippen LogP contribution is -2.74. The van der Waals surface area contributed by atoms with Gasteiger partial charge in [0.25, 0.3) is 0 Å². The second-order valence-corrected chi connectivity index (χ2v) is 22.7. The Hall–Kier alpha value is -6.35. The number of furan rings is 1. The van der Waals surface area contributed by atoms with Crippen LogP contribution in [0.15, 0.2) is 193 Å². The molecule has 54 heavy (non-hydrogen) atoms. The van der Waals surface area contributed by atoms with Gasteiger partial charge < -0.3 is 9.32 Å². The molecule has 0 radical (unpaired) electrons. The largest absolute Gasteiger partial charge is 0.436 e. The number of aromatic nitrogens is 2. The second-order valence-electron chi connectivity index (χ2n) is 14.6. The Bertz CT molecular complexity index is 2660. The molecule has 0 spiro atoms. The van der Waals surface area contributed by atoms with Gasteiger partial charge in [-0.3, -0.25) is 0 Å². The van der Waals surface area contributed by atoms with Crippen molar-refractivity contribution in [2.45, 2.75) is 13.1 Å². The Morgan fingerprint density at radius 2 is 1.00 bits per heavy atom. The number of benzene rings is 7. The summed E-state index contributed by atoms with van der Waals surface area (Å²) in [4.78, 5) is 11.8. The zero-order valence-corrected chi connectivity index (χ0v) is 32.1. The van der Waals surface area contributed by atoms with Gasteiger partial charge in [0.05, 0.1) is 5.39 Å². The van der Waals surface area contributed by atoms with E-state index in [0.717, 1.165) is 33.3 Å². The van der Waals surface area contributed by atoms with Gasteiger partial charge in [-0.2, -0.15) is 0 Å². The monoisotopic (exact) mass is 727 g/mol. The van der Waals surface area contributed by atoms with E-state index in [1.54, 1.807) is 12.4 Å². The quantitative estimate of drug-likeness (QED) is 0.129. The molecule has 0 fully saturated rings. The van der Waals surface area contributed by atoms with Gasteiger partial charge in [-0.15, -0.1) is 0 Å². The zero-order chi connectivity index (χ0) is 36.3. The number of hydrogen-bond donors (Lipinski definition) is 0. The number of rotatable bonds is 6. The van der Waals surface area contributed by atoms with Gasteiger partial charge in [0.15, 0.2) is 8.07 Å². The van der Waals surface area contributed by atoms with E-state index >= 15 is 0 Å². The van der Waals surface area contributed by atoms with Crippen molar-refractivity contribution in [3.63, 3.8) is 0 Å². The van der Waals surface area contributed by atoms with Crippen LogP contribution in [-0.4, -0.2) is 26.1 Å². The van der Waals surface area contributed by atoms with Crippen molar-refractivity contribution >= 4 is 86.5 Å². The summed E-state index contributed by atoms with van der Waals surface area (Å²) in [5.41, 5.74) is 7.73. The van der Waals surface area contributed by atoms with E-state index in [0.29, 0.717) is 5.71 Å². The first-order chi connectivity index (χ1) is 26.5. The highest BCUT2D eigenvalue weighted by Crippen LogP contribution is 2.43. The fraction of sp³-hybridized carbons (Fsp3) is 0.0417. The average molecular weight is 728 g/mol. The number of anilines is 3. The summed E-state index contributed by atoms with van der Waals surface area (Å²) >= 11 is 0. The van der Waals surface area contributed by atoms with Crippen LogP contribution in [0.5, 0.6) is 0 Å². The number of hydrogen-bond acceptors (Lipinski definition) is 4. The summed E-state index contributed by atoms with van der Waals surface area (Å²) in [5, 5.41) is 9.18.